The van der Waals surface area contributed by atoms with Crippen LogP contribution in [0.4, 0.5) is 17.6 Å². The summed E-state index contributed by atoms with van der Waals surface area (Å²) >= 11 is 0. The van der Waals surface area contributed by atoms with Crippen LogP contribution in [-0.2, 0) is 0 Å². The lowest BCUT2D eigenvalue weighted by Crippen LogP contribution is -2.12. The highest BCUT2D eigenvalue weighted by molar-refractivity contribution is 5.91. The Kier molecular flexibility index (Phi) is 3.60. The number of aromatic hydroxyl groups is 1. The largest absolute Gasteiger partial charge is 0.508 e. The third kappa shape index (κ3) is 2.56. The number of ether oxygens (including phenoxy) is 1. The number of halogens is 4. The van der Waals surface area contributed by atoms with E-state index in [1.165, 1.54) is 0 Å². The summed E-state index contributed by atoms with van der Waals surface area (Å²) in [7, 11) is 0. The van der Waals surface area contributed by atoms with Gasteiger partial charge in [-0.05, 0) is 24.3 Å². The Bertz CT molecular complexity index is 642. The second kappa shape index (κ2) is 5.20. The molecule has 0 bridgehead atoms. The normalized spacial score (nSPS) is 10.4. The number of phenolic OH excluding ortho intramolecular Hbond substituents is 1. The number of hydrogen-bond donors (Lipinski definition) is 1. The summed E-state index contributed by atoms with van der Waals surface area (Å²) in [6, 6.07) is 4.50. The van der Waals surface area contributed by atoms with Crippen LogP contribution in [0, 0.1) is 23.3 Å². The average molecular weight is 286 g/mol. The smallest absolute Gasteiger partial charge is 0.343 e. The molecule has 2 aromatic carbocycles. The van der Waals surface area contributed by atoms with Crippen molar-refractivity contribution in [1.29, 1.82) is 0 Å². The Labute approximate surface area is 110 Å². The van der Waals surface area contributed by atoms with Crippen molar-refractivity contribution in [2.75, 3.05) is 0 Å². The highest BCUT2D eigenvalue weighted by Crippen LogP contribution is 2.27. The highest BCUT2D eigenvalue weighted by atomic mass is 19.2. The number of phenols is 1. The third-order valence-electron chi connectivity index (χ3n) is 2.37. The van der Waals surface area contributed by atoms with Gasteiger partial charge in [0.2, 0.25) is 17.4 Å². The van der Waals surface area contributed by atoms with Crippen LogP contribution in [0.25, 0.3) is 0 Å². The van der Waals surface area contributed by atoms with Gasteiger partial charge in [-0.25, -0.2) is 13.6 Å². The number of carbonyl (C=O) groups excluding carboxylic acids is 1. The maximum atomic E-state index is 13.3. The fourth-order valence-corrected chi connectivity index (χ4v) is 1.39. The first-order valence-electron chi connectivity index (χ1n) is 5.24. The second-order valence-electron chi connectivity index (χ2n) is 3.73. The van der Waals surface area contributed by atoms with E-state index in [0.717, 1.165) is 24.3 Å². The first-order chi connectivity index (χ1) is 9.40. The molecule has 0 aliphatic heterocycles. The quantitative estimate of drug-likeness (QED) is 0.399. The summed E-state index contributed by atoms with van der Waals surface area (Å²) in [5, 5.41) is 9.02. The molecule has 0 saturated carbocycles. The Morgan fingerprint density at radius 2 is 1.45 bits per heavy atom. The molecule has 0 atom stereocenters. The van der Waals surface area contributed by atoms with Crippen molar-refractivity contribution in [3.8, 4) is 11.5 Å². The van der Waals surface area contributed by atoms with Gasteiger partial charge in [0.25, 0.3) is 0 Å². The molecule has 104 valence electrons. The van der Waals surface area contributed by atoms with Crippen LogP contribution in [0.2, 0.25) is 0 Å². The van der Waals surface area contributed by atoms with Gasteiger partial charge in [0, 0.05) is 6.07 Å². The SMILES string of the molecule is O=C(Oc1c(F)c(F)cc(F)c1F)c1ccc(O)cc1. The minimum absolute atomic E-state index is 0.00254. The average Bonchev–Trinajstić information content (AvgIpc) is 2.42. The van der Waals surface area contributed by atoms with Gasteiger partial charge >= 0.3 is 5.97 Å². The molecule has 0 unspecified atom stereocenters. The first-order valence-corrected chi connectivity index (χ1v) is 5.24. The van der Waals surface area contributed by atoms with E-state index in [1.807, 2.05) is 0 Å². The molecule has 7 heteroatoms. The Morgan fingerprint density at radius 1 is 0.950 bits per heavy atom. The molecule has 0 spiro atoms. The van der Waals surface area contributed by atoms with Crippen molar-refractivity contribution in [2.24, 2.45) is 0 Å². The summed E-state index contributed by atoms with van der Waals surface area (Å²) in [6.45, 7) is 0. The Balaban J connectivity index is 2.35. The molecule has 0 aliphatic carbocycles. The third-order valence-corrected chi connectivity index (χ3v) is 2.37. The number of rotatable bonds is 2. The zero-order valence-corrected chi connectivity index (χ0v) is 9.66. The van der Waals surface area contributed by atoms with E-state index in [2.05, 4.69) is 4.74 Å². The Hall–Kier alpha value is -2.57. The lowest BCUT2D eigenvalue weighted by atomic mass is 10.2. The van der Waals surface area contributed by atoms with Gasteiger partial charge in [0.15, 0.2) is 11.6 Å². The molecule has 0 aromatic heterocycles. The molecule has 0 fully saturated rings. The van der Waals surface area contributed by atoms with Gasteiger partial charge in [0.1, 0.15) is 5.75 Å². The monoisotopic (exact) mass is 286 g/mol. The van der Waals surface area contributed by atoms with Crippen LogP contribution < -0.4 is 4.74 Å². The van der Waals surface area contributed by atoms with E-state index in [0.29, 0.717) is 0 Å². The van der Waals surface area contributed by atoms with Gasteiger partial charge in [0.05, 0.1) is 5.56 Å². The summed E-state index contributed by atoms with van der Waals surface area (Å²) in [6.07, 6.45) is 0. The minimum Gasteiger partial charge on any atom is -0.508 e. The zero-order valence-electron chi connectivity index (χ0n) is 9.66. The van der Waals surface area contributed by atoms with E-state index in [9.17, 15) is 22.4 Å². The number of hydrogen-bond acceptors (Lipinski definition) is 3. The maximum absolute atomic E-state index is 13.3. The minimum atomic E-state index is -1.81. The molecular formula is C13H6F4O3. The maximum Gasteiger partial charge on any atom is 0.343 e. The van der Waals surface area contributed by atoms with Crippen molar-refractivity contribution in [2.45, 2.75) is 0 Å². The van der Waals surface area contributed by atoms with Gasteiger partial charge in [-0.15, -0.1) is 0 Å². The van der Waals surface area contributed by atoms with Crippen LogP contribution in [-0.4, -0.2) is 11.1 Å². The van der Waals surface area contributed by atoms with E-state index in [1.54, 1.807) is 0 Å². The Morgan fingerprint density at radius 3 is 1.95 bits per heavy atom. The van der Waals surface area contributed by atoms with E-state index < -0.39 is 35.0 Å². The van der Waals surface area contributed by atoms with Crippen LogP contribution in [0.5, 0.6) is 11.5 Å². The topological polar surface area (TPSA) is 46.5 Å². The van der Waals surface area contributed by atoms with Crippen molar-refractivity contribution in [1.82, 2.24) is 0 Å². The molecule has 2 rings (SSSR count). The van der Waals surface area contributed by atoms with E-state index >= 15 is 0 Å². The standard InChI is InChI=1S/C13H6F4O3/c14-8-5-9(15)11(17)12(10(8)16)20-13(19)6-1-3-7(18)4-2-6/h1-5,18H. The summed E-state index contributed by atoms with van der Waals surface area (Å²) in [4.78, 5) is 11.6. The number of benzene rings is 2. The molecule has 1 N–H and O–H groups in total. The predicted octanol–water partition coefficient (Wildman–Crippen LogP) is 3.17. The summed E-state index contributed by atoms with van der Waals surface area (Å²) in [5.74, 6) is -9.81. The van der Waals surface area contributed by atoms with Gasteiger partial charge in [-0.2, -0.15) is 8.78 Å². The van der Waals surface area contributed by atoms with Crippen LogP contribution in [0.1, 0.15) is 10.4 Å². The fraction of sp³-hybridized carbons (Fsp3) is 0. The molecule has 0 radical (unpaired) electrons. The van der Waals surface area contributed by atoms with Crippen molar-refractivity contribution in [3.63, 3.8) is 0 Å². The molecule has 0 amide bonds. The van der Waals surface area contributed by atoms with Gasteiger partial charge in [-0.1, -0.05) is 0 Å². The second-order valence-corrected chi connectivity index (χ2v) is 3.73. The molecule has 20 heavy (non-hydrogen) atoms. The van der Waals surface area contributed by atoms with E-state index in [-0.39, 0.29) is 17.4 Å². The molecule has 0 aliphatic rings. The molecule has 0 saturated heterocycles. The molecule has 2 aromatic rings. The molecular weight excluding hydrogens is 280 g/mol. The lowest BCUT2D eigenvalue weighted by molar-refractivity contribution is 0.0717. The molecule has 3 nitrogen and oxygen atoms in total. The first kappa shape index (κ1) is 13.9. The van der Waals surface area contributed by atoms with Crippen LogP contribution in [0.15, 0.2) is 30.3 Å². The summed E-state index contributed by atoms with van der Waals surface area (Å²) < 4.78 is 56.7. The van der Waals surface area contributed by atoms with Crippen molar-refractivity contribution < 1.29 is 32.2 Å². The van der Waals surface area contributed by atoms with Gasteiger partial charge in [-0.3, -0.25) is 0 Å². The predicted molar refractivity (Wildman–Crippen MR) is 59.3 cm³/mol. The lowest BCUT2D eigenvalue weighted by Gasteiger charge is -2.07. The summed E-state index contributed by atoms with van der Waals surface area (Å²) in [5.41, 5.74) is -0.161. The van der Waals surface area contributed by atoms with Crippen LogP contribution >= 0.6 is 0 Å². The fourth-order valence-electron chi connectivity index (χ4n) is 1.39. The highest BCUT2D eigenvalue weighted by Gasteiger charge is 2.23. The number of esters is 1. The molecule has 0 heterocycles. The number of carbonyl (C=O) groups is 1. The zero-order chi connectivity index (χ0) is 14.9. The van der Waals surface area contributed by atoms with E-state index in [4.69, 9.17) is 5.11 Å². The van der Waals surface area contributed by atoms with Gasteiger partial charge < -0.3 is 9.84 Å². The van der Waals surface area contributed by atoms with Crippen LogP contribution in [0.3, 0.4) is 0 Å². The van der Waals surface area contributed by atoms with Crippen molar-refractivity contribution in [3.05, 3.63) is 59.2 Å². The van der Waals surface area contributed by atoms with Crippen molar-refractivity contribution >= 4 is 5.97 Å².